The molecule has 116 valence electrons. The van der Waals surface area contributed by atoms with E-state index in [1.807, 2.05) is 0 Å². The molecule has 4 nitrogen and oxygen atoms in total. The van der Waals surface area contributed by atoms with E-state index in [0.29, 0.717) is 24.7 Å². The van der Waals surface area contributed by atoms with Gasteiger partial charge in [-0.3, -0.25) is 0 Å². The van der Waals surface area contributed by atoms with Gasteiger partial charge in [0.05, 0.1) is 12.4 Å². The van der Waals surface area contributed by atoms with E-state index in [1.54, 1.807) is 28.6 Å². The Morgan fingerprint density at radius 2 is 2.00 bits per heavy atom. The van der Waals surface area contributed by atoms with Gasteiger partial charge in [0, 0.05) is 30.1 Å². The highest BCUT2D eigenvalue weighted by molar-refractivity contribution is 7.88. The fourth-order valence-corrected chi connectivity index (χ4v) is 5.05. The third-order valence-electron chi connectivity index (χ3n) is 4.47. The van der Waals surface area contributed by atoms with Crippen LogP contribution < -0.4 is 0 Å². The van der Waals surface area contributed by atoms with Gasteiger partial charge in [-0.2, -0.15) is 0 Å². The maximum absolute atomic E-state index is 12.6. The van der Waals surface area contributed by atoms with Gasteiger partial charge in [0.15, 0.2) is 0 Å². The molecule has 0 amide bonds. The Labute approximate surface area is 131 Å². The van der Waals surface area contributed by atoms with Crippen molar-refractivity contribution in [3.63, 3.8) is 0 Å². The van der Waals surface area contributed by atoms with Crippen LogP contribution >= 0.6 is 11.6 Å². The van der Waals surface area contributed by atoms with Crippen molar-refractivity contribution in [3.8, 4) is 0 Å². The van der Waals surface area contributed by atoms with Crippen LogP contribution in [0.3, 0.4) is 0 Å². The van der Waals surface area contributed by atoms with E-state index in [9.17, 15) is 8.42 Å². The van der Waals surface area contributed by atoms with E-state index < -0.39 is 10.0 Å². The summed E-state index contributed by atoms with van der Waals surface area (Å²) in [7, 11) is -3.28. The van der Waals surface area contributed by atoms with Gasteiger partial charge in [0.25, 0.3) is 0 Å². The third-order valence-corrected chi connectivity index (χ3v) is 6.52. The molecule has 0 bridgehead atoms. The zero-order valence-corrected chi connectivity index (χ0v) is 13.5. The van der Waals surface area contributed by atoms with Crippen LogP contribution in [-0.4, -0.2) is 39.0 Å². The number of piperidine rings is 1. The molecule has 0 saturated carbocycles. The second-order valence-electron chi connectivity index (χ2n) is 6.12. The van der Waals surface area contributed by atoms with Gasteiger partial charge in [-0.1, -0.05) is 23.7 Å². The van der Waals surface area contributed by atoms with Crippen LogP contribution in [0.2, 0.25) is 5.02 Å². The minimum atomic E-state index is -3.28. The van der Waals surface area contributed by atoms with Crippen molar-refractivity contribution in [1.29, 1.82) is 0 Å². The first-order valence-corrected chi connectivity index (χ1v) is 9.28. The second-order valence-corrected chi connectivity index (χ2v) is 8.53. The van der Waals surface area contributed by atoms with Crippen LogP contribution in [0.15, 0.2) is 24.3 Å². The van der Waals surface area contributed by atoms with E-state index in [2.05, 4.69) is 0 Å². The summed E-state index contributed by atoms with van der Waals surface area (Å²) in [4.78, 5) is 0. The number of ether oxygens (including phenoxy) is 1. The standard InChI is InChI=1S/C15H20ClNO3S/c16-14-4-2-13(3-5-14)10-21(18,19)17-8-1-6-15(11-17)7-9-20-12-15/h2-5H,1,6-12H2/t15-/m0/s1. The zero-order valence-electron chi connectivity index (χ0n) is 11.9. The van der Waals surface area contributed by atoms with Crippen LogP contribution in [0, 0.1) is 5.41 Å². The average molecular weight is 330 g/mol. The highest BCUT2D eigenvalue weighted by Gasteiger charge is 2.42. The summed E-state index contributed by atoms with van der Waals surface area (Å²) in [6, 6.07) is 7.01. The quantitative estimate of drug-likeness (QED) is 0.856. The fourth-order valence-electron chi connectivity index (χ4n) is 3.25. The molecule has 6 heteroatoms. The fraction of sp³-hybridized carbons (Fsp3) is 0.600. The van der Waals surface area contributed by atoms with E-state index in [4.69, 9.17) is 16.3 Å². The Bertz CT molecular complexity index is 594. The number of halogens is 1. The summed E-state index contributed by atoms with van der Waals surface area (Å²) in [6.07, 6.45) is 2.96. The number of rotatable bonds is 3. The topological polar surface area (TPSA) is 46.6 Å². The molecule has 2 fully saturated rings. The van der Waals surface area contributed by atoms with Crippen LogP contribution in [0.5, 0.6) is 0 Å². The Morgan fingerprint density at radius 1 is 1.24 bits per heavy atom. The van der Waals surface area contributed by atoms with E-state index in [-0.39, 0.29) is 11.2 Å². The lowest BCUT2D eigenvalue weighted by molar-refractivity contribution is 0.105. The molecule has 1 atom stereocenters. The van der Waals surface area contributed by atoms with Crippen LogP contribution in [0.25, 0.3) is 0 Å². The molecular formula is C15H20ClNO3S. The molecule has 2 aliphatic rings. The maximum Gasteiger partial charge on any atom is 0.218 e. The number of nitrogens with zero attached hydrogens (tertiary/aromatic N) is 1. The van der Waals surface area contributed by atoms with E-state index >= 15 is 0 Å². The number of hydrogen-bond acceptors (Lipinski definition) is 3. The lowest BCUT2D eigenvalue weighted by Crippen LogP contribution is -2.46. The molecule has 21 heavy (non-hydrogen) atoms. The van der Waals surface area contributed by atoms with Crippen LogP contribution in [0.4, 0.5) is 0 Å². The molecule has 0 radical (unpaired) electrons. The largest absolute Gasteiger partial charge is 0.381 e. The van der Waals surface area contributed by atoms with Crippen molar-refractivity contribution in [2.45, 2.75) is 25.0 Å². The van der Waals surface area contributed by atoms with E-state index in [1.165, 1.54) is 0 Å². The summed E-state index contributed by atoms with van der Waals surface area (Å²) < 4.78 is 32.4. The number of sulfonamides is 1. The molecule has 1 aromatic rings. The van der Waals surface area contributed by atoms with Gasteiger partial charge >= 0.3 is 0 Å². The average Bonchev–Trinajstić information content (AvgIpc) is 2.89. The van der Waals surface area contributed by atoms with Crippen molar-refractivity contribution in [2.24, 2.45) is 5.41 Å². The molecule has 0 N–H and O–H groups in total. The monoisotopic (exact) mass is 329 g/mol. The molecule has 1 spiro atoms. The first kappa shape index (κ1) is 15.3. The molecule has 2 aliphatic heterocycles. The van der Waals surface area contributed by atoms with Crippen molar-refractivity contribution in [2.75, 3.05) is 26.3 Å². The number of benzene rings is 1. The predicted molar refractivity (Wildman–Crippen MR) is 82.8 cm³/mol. The van der Waals surface area contributed by atoms with Crippen LogP contribution in [-0.2, 0) is 20.5 Å². The lowest BCUT2D eigenvalue weighted by Gasteiger charge is -2.38. The lowest BCUT2D eigenvalue weighted by atomic mass is 9.80. The van der Waals surface area contributed by atoms with Gasteiger partial charge in [0.1, 0.15) is 0 Å². The van der Waals surface area contributed by atoms with Crippen molar-refractivity contribution in [1.82, 2.24) is 4.31 Å². The third kappa shape index (κ3) is 3.42. The normalized spacial score (nSPS) is 27.3. The highest BCUT2D eigenvalue weighted by Crippen LogP contribution is 2.38. The van der Waals surface area contributed by atoms with Crippen LogP contribution in [0.1, 0.15) is 24.8 Å². The summed E-state index contributed by atoms with van der Waals surface area (Å²) in [6.45, 7) is 2.67. The Kier molecular flexibility index (Phi) is 4.28. The smallest absolute Gasteiger partial charge is 0.218 e. The Morgan fingerprint density at radius 3 is 2.67 bits per heavy atom. The van der Waals surface area contributed by atoms with Crippen molar-refractivity contribution in [3.05, 3.63) is 34.9 Å². The highest BCUT2D eigenvalue weighted by atomic mass is 35.5. The molecule has 3 rings (SSSR count). The summed E-state index contributed by atoms with van der Waals surface area (Å²) in [5, 5.41) is 0.621. The Hall–Kier alpha value is -0.620. The molecule has 2 heterocycles. The molecule has 0 aromatic heterocycles. The first-order chi connectivity index (χ1) is 9.99. The van der Waals surface area contributed by atoms with Crippen molar-refractivity contribution < 1.29 is 13.2 Å². The van der Waals surface area contributed by atoms with Gasteiger partial charge in [-0.05, 0) is 37.0 Å². The maximum atomic E-state index is 12.6. The molecule has 0 aliphatic carbocycles. The summed E-state index contributed by atoms with van der Waals surface area (Å²) in [5.41, 5.74) is 0.826. The van der Waals surface area contributed by atoms with Crippen molar-refractivity contribution >= 4 is 21.6 Å². The van der Waals surface area contributed by atoms with Gasteiger partial charge < -0.3 is 4.74 Å². The summed E-state index contributed by atoms with van der Waals surface area (Å²) >= 11 is 5.84. The zero-order chi connectivity index (χ0) is 14.9. The first-order valence-electron chi connectivity index (χ1n) is 7.29. The molecule has 1 aromatic carbocycles. The molecule has 2 saturated heterocycles. The SMILES string of the molecule is O=S(=O)(Cc1ccc(Cl)cc1)N1CCC[C@]2(CCOC2)C1. The minimum absolute atomic E-state index is 0.0428. The molecular weight excluding hydrogens is 310 g/mol. The minimum Gasteiger partial charge on any atom is -0.381 e. The molecule has 0 unspecified atom stereocenters. The predicted octanol–water partition coefficient (Wildman–Crippen LogP) is 2.67. The van der Waals surface area contributed by atoms with Gasteiger partial charge in [-0.15, -0.1) is 0 Å². The second kappa shape index (κ2) is 5.88. The van der Waals surface area contributed by atoms with Gasteiger partial charge in [0.2, 0.25) is 10.0 Å². The summed E-state index contributed by atoms with van der Waals surface area (Å²) in [5.74, 6) is 0.0428. The van der Waals surface area contributed by atoms with E-state index in [0.717, 1.165) is 31.4 Å². The van der Waals surface area contributed by atoms with Gasteiger partial charge in [-0.25, -0.2) is 12.7 Å². The number of hydrogen-bond donors (Lipinski definition) is 0. The Balaban J connectivity index is 1.73.